The van der Waals surface area contributed by atoms with Crippen molar-refractivity contribution in [3.05, 3.63) is 64.8 Å². The summed E-state index contributed by atoms with van der Waals surface area (Å²) in [5.74, 6) is 3.21. The first-order valence-electron chi connectivity index (χ1n) is 10.1. The number of rotatable bonds is 6. The van der Waals surface area contributed by atoms with E-state index in [1.165, 1.54) is 17.3 Å². The monoisotopic (exact) mass is 428 g/mol. The van der Waals surface area contributed by atoms with Gasteiger partial charge >= 0.3 is 0 Å². The highest BCUT2D eigenvalue weighted by atomic mass is 16.5. The molecule has 2 heterocycles. The molecule has 1 aliphatic heterocycles. The summed E-state index contributed by atoms with van der Waals surface area (Å²) in [7, 11) is 3.72. The van der Waals surface area contributed by atoms with E-state index >= 15 is 0 Å². The first kappa shape index (κ1) is 21.2. The van der Waals surface area contributed by atoms with Gasteiger partial charge in [-0.25, -0.2) is 4.98 Å². The van der Waals surface area contributed by atoms with Gasteiger partial charge in [0.05, 0.1) is 18.5 Å². The van der Waals surface area contributed by atoms with Crippen molar-refractivity contribution in [1.82, 2.24) is 14.9 Å². The number of nitrogens with one attached hydrogen (secondary N) is 2. The number of terminal acetylenes is 1. The summed E-state index contributed by atoms with van der Waals surface area (Å²) in [6, 6.07) is 11.4. The quantitative estimate of drug-likeness (QED) is 0.518. The molecule has 0 aliphatic carbocycles. The lowest BCUT2D eigenvalue weighted by Gasteiger charge is -2.26. The highest BCUT2D eigenvalue weighted by Gasteiger charge is 2.18. The molecule has 4 rings (SSSR count). The van der Waals surface area contributed by atoms with Gasteiger partial charge in [-0.05, 0) is 48.9 Å². The van der Waals surface area contributed by atoms with Gasteiger partial charge in [-0.2, -0.15) is 4.98 Å². The summed E-state index contributed by atoms with van der Waals surface area (Å²) in [4.78, 5) is 23.0. The van der Waals surface area contributed by atoms with Gasteiger partial charge in [0.2, 0.25) is 5.95 Å². The number of fused-ring (bicyclic) bond motifs is 1. The number of primary amides is 1. The lowest BCUT2D eigenvalue weighted by Crippen LogP contribution is -2.26. The Balaban J connectivity index is 1.69. The number of likely N-dealkylation sites (N-methyl/N-ethyl adjacent to an activating group) is 1. The third kappa shape index (κ3) is 4.33. The van der Waals surface area contributed by atoms with Crippen molar-refractivity contribution in [3.8, 4) is 18.1 Å². The second-order valence-electron chi connectivity index (χ2n) is 7.57. The van der Waals surface area contributed by atoms with E-state index in [0.717, 1.165) is 25.2 Å². The van der Waals surface area contributed by atoms with Gasteiger partial charge in [0.25, 0.3) is 5.91 Å². The van der Waals surface area contributed by atoms with Gasteiger partial charge in [-0.15, -0.1) is 6.42 Å². The molecule has 0 unspecified atom stereocenters. The van der Waals surface area contributed by atoms with Crippen molar-refractivity contribution in [2.75, 3.05) is 31.3 Å². The largest absolute Gasteiger partial charge is 0.495 e. The van der Waals surface area contributed by atoms with Crippen molar-refractivity contribution in [2.45, 2.75) is 13.0 Å². The molecule has 0 saturated heterocycles. The van der Waals surface area contributed by atoms with E-state index < -0.39 is 5.91 Å². The molecule has 8 heteroatoms. The predicted molar refractivity (Wildman–Crippen MR) is 125 cm³/mol. The number of ether oxygens (including phenoxy) is 1. The van der Waals surface area contributed by atoms with Gasteiger partial charge in [-0.1, -0.05) is 18.1 Å². The highest BCUT2D eigenvalue weighted by Crippen LogP contribution is 2.33. The lowest BCUT2D eigenvalue weighted by molar-refractivity contribution is 0.100. The van der Waals surface area contributed by atoms with E-state index in [1.54, 1.807) is 19.2 Å². The molecule has 0 radical (unpaired) electrons. The molecule has 0 bridgehead atoms. The van der Waals surface area contributed by atoms with E-state index in [0.29, 0.717) is 17.0 Å². The number of nitrogens with two attached hydrogens (primary N) is 1. The molecule has 0 fully saturated rings. The van der Waals surface area contributed by atoms with Crippen LogP contribution in [-0.2, 0) is 13.0 Å². The third-order valence-electron chi connectivity index (χ3n) is 5.36. The van der Waals surface area contributed by atoms with E-state index in [-0.39, 0.29) is 17.3 Å². The number of carbonyl (C=O) groups excluding carboxylic acids is 1. The molecule has 0 saturated carbocycles. The summed E-state index contributed by atoms with van der Waals surface area (Å²) < 4.78 is 5.59. The number of nitrogens with zero attached hydrogens (tertiary/aromatic N) is 3. The molecular weight excluding hydrogens is 404 g/mol. The maximum atomic E-state index is 11.9. The minimum absolute atomic E-state index is 0.154. The Hall–Kier alpha value is -4.09. The first-order valence-corrected chi connectivity index (χ1v) is 10.1. The third-order valence-corrected chi connectivity index (χ3v) is 5.36. The van der Waals surface area contributed by atoms with Crippen LogP contribution in [0.1, 0.15) is 27.0 Å². The zero-order valence-corrected chi connectivity index (χ0v) is 18.0. The van der Waals surface area contributed by atoms with E-state index in [1.807, 2.05) is 18.2 Å². The number of amides is 1. The maximum absolute atomic E-state index is 11.9. The molecule has 32 heavy (non-hydrogen) atoms. The molecule has 1 amide bonds. The molecule has 4 N–H and O–H groups in total. The Morgan fingerprint density at radius 2 is 2.03 bits per heavy atom. The van der Waals surface area contributed by atoms with Crippen LogP contribution < -0.4 is 21.1 Å². The fraction of sp³-hybridized carbons (Fsp3) is 0.208. The topological polar surface area (TPSA) is 105 Å². The molecule has 1 aromatic heterocycles. The lowest BCUT2D eigenvalue weighted by atomic mass is 9.99. The molecular formula is C24H24N6O2. The fourth-order valence-electron chi connectivity index (χ4n) is 3.68. The molecule has 162 valence electrons. The Kier molecular flexibility index (Phi) is 5.92. The summed E-state index contributed by atoms with van der Waals surface area (Å²) in [6.45, 7) is 1.86. The standard InChI is InChI=1S/C24H24N6O2/c1-4-15-7-5-6-8-19(15)27-23-18(22(25)31)13-26-24(29-23)28-20-11-17-14-30(2)10-9-16(17)12-21(20)32-3/h1,5-8,11-13H,9-10,14H2,2-3H3,(H2,25,31)(H2,26,27,28,29). The molecule has 8 nitrogen and oxygen atoms in total. The number of hydrogen-bond donors (Lipinski definition) is 3. The number of carbonyl (C=O) groups is 1. The smallest absolute Gasteiger partial charge is 0.254 e. The maximum Gasteiger partial charge on any atom is 0.254 e. The minimum atomic E-state index is -0.647. The van der Waals surface area contributed by atoms with Crippen LogP contribution in [0.25, 0.3) is 0 Å². The van der Waals surface area contributed by atoms with Crippen LogP contribution in [-0.4, -0.2) is 41.5 Å². The van der Waals surface area contributed by atoms with Gasteiger partial charge in [0, 0.05) is 24.8 Å². The summed E-state index contributed by atoms with van der Waals surface area (Å²) in [6.07, 6.45) is 7.94. The van der Waals surface area contributed by atoms with Crippen LogP contribution in [0.4, 0.5) is 23.1 Å². The van der Waals surface area contributed by atoms with E-state index in [9.17, 15) is 4.79 Å². The number of methoxy groups -OCH3 is 1. The Bertz CT molecular complexity index is 1220. The van der Waals surface area contributed by atoms with Crippen molar-refractivity contribution >= 4 is 29.0 Å². The number of benzene rings is 2. The average molecular weight is 428 g/mol. The van der Waals surface area contributed by atoms with E-state index in [2.05, 4.69) is 44.5 Å². The number of hydrogen-bond acceptors (Lipinski definition) is 7. The second kappa shape index (κ2) is 8.96. The molecule has 3 aromatic rings. The zero-order chi connectivity index (χ0) is 22.7. The Morgan fingerprint density at radius 3 is 2.78 bits per heavy atom. The average Bonchev–Trinajstić information content (AvgIpc) is 2.79. The van der Waals surface area contributed by atoms with Crippen LogP contribution in [0.5, 0.6) is 5.75 Å². The van der Waals surface area contributed by atoms with Crippen LogP contribution in [0.2, 0.25) is 0 Å². The van der Waals surface area contributed by atoms with Gasteiger partial charge in [-0.3, -0.25) is 4.79 Å². The van der Waals surface area contributed by atoms with Crippen LogP contribution in [0, 0.1) is 12.3 Å². The highest BCUT2D eigenvalue weighted by molar-refractivity contribution is 5.98. The number of aromatic nitrogens is 2. The summed E-state index contributed by atoms with van der Waals surface area (Å²) in [5, 5.41) is 6.32. The van der Waals surface area contributed by atoms with E-state index in [4.69, 9.17) is 16.9 Å². The van der Waals surface area contributed by atoms with Crippen LogP contribution in [0.3, 0.4) is 0 Å². The van der Waals surface area contributed by atoms with Gasteiger partial charge in [0.15, 0.2) is 0 Å². The zero-order valence-electron chi connectivity index (χ0n) is 18.0. The SMILES string of the molecule is C#Cc1ccccc1Nc1nc(Nc2cc3c(cc2OC)CCN(C)C3)ncc1C(N)=O. The van der Waals surface area contributed by atoms with Crippen LogP contribution in [0.15, 0.2) is 42.6 Å². The van der Waals surface area contributed by atoms with Crippen LogP contribution >= 0.6 is 0 Å². The second-order valence-corrected chi connectivity index (χ2v) is 7.57. The first-order chi connectivity index (χ1) is 15.5. The Labute approximate surface area is 186 Å². The molecule has 0 atom stereocenters. The number of anilines is 4. The Morgan fingerprint density at radius 1 is 1.22 bits per heavy atom. The van der Waals surface area contributed by atoms with Gasteiger partial charge in [0.1, 0.15) is 17.1 Å². The predicted octanol–water partition coefficient (Wildman–Crippen LogP) is 3.04. The van der Waals surface area contributed by atoms with Crippen molar-refractivity contribution < 1.29 is 9.53 Å². The normalized spacial score (nSPS) is 13.0. The number of para-hydroxylation sites is 1. The summed E-state index contributed by atoms with van der Waals surface area (Å²) >= 11 is 0. The molecule has 1 aliphatic rings. The van der Waals surface area contributed by atoms with Gasteiger partial charge < -0.3 is 26.0 Å². The van der Waals surface area contributed by atoms with Crippen molar-refractivity contribution in [3.63, 3.8) is 0 Å². The minimum Gasteiger partial charge on any atom is -0.495 e. The fourth-order valence-corrected chi connectivity index (χ4v) is 3.68. The van der Waals surface area contributed by atoms with Crippen molar-refractivity contribution in [1.29, 1.82) is 0 Å². The summed E-state index contributed by atoms with van der Waals surface area (Å²) in [5.41, 5.74) is 10.2. The molecule has 2 aromatic carbocycles. The van der Waals surface area contributed by atoms with Crippen molar-refractivity contribution in [2.24, 2.45) is 5.73 Å². The molecule has 0 spiro atoms.